The normalized spacial score (nSPS) is 12.5. The predicted octanol–water partition coefficient (Wildman–Crippen LogP) is 10.1. The number of hydrogen-bond acceptors (Lipinski definition) is 5. The largest absolute Gasteiger partial charge is 0.427 e. The Balaban J connectivity index is 1.64. The third-order valence-electron chi connectivity index (χ3n) is 8.31. The molecule has 0 fully saturated rings. The Bertz CT molecular complexity index is 1990. The molecule has 3 nitrogen and oxygen atoms in total. The lowest BCUT2D eigenvalue weighted by atomic mass is 9.81. The van der Waals surface area contributed by atoms with Gasteiger partial charge in [0.1, 0.15) is 0 Å². The minimum atomic E-state index is -1.03. The first-order valence-electron chi connectivity index (χ1n) is 14.4. The average molecular weight is 601 g/mol. The monoisotopic (exact) mass is 600 g/mol. The van der Waals surface area contributed by atoms with E-state index in [-0.39, 0.29) is 0 Å². The van der Waals surface area contributed by atoms with Gasteiger partial charge in [0.05, 0.1) is 27.3 Å². The fourth-order valence-corrected chi connectivity index (χ4v) is 7.55. The Morgan fingerprint density at radius 2 is 1.44 bits per heavy atom. The van der Waals surface area contributed by atoms with Crippen molar-refractivity contribution in [2.75, 3.05) is 4.90 Å². The minimum Gasteiger partial charge on any atom is -0.427 e. The molecule has 0 bridgehead atoms. The summed E-state index contributed by atoms with van der Waals surface area (Å²) in [6, 6.07) is 30.1. The van der Waals surface area contributed by atoms with E-state index in [0.717, 1.165) is 22.5 Å². The number of allylic oxidation sites excluding steroid dienone is 2. The van der Waals surface area contributed by atoms with Gasteiger partial charge in [-0.05, 0) is 76.0 Å². The zero-order chi connectivity index (χ0) is 30.4. The second-order valence-electron chi connectivity index (χ2n) is 11.8. The molecule has 0 saturated carbocycles. The molecule has 6 heteroatoms. The molecular weight excluding hydrogens is 565 g/mol. The highest BCUT2D eigenvalue weighted by Gasteiger charge is 2.36. The summed E-state index contributed by atoms with van der Waals surface area (Å²) in [5.74, 6) is 0. The van der Waals surface area contributed by atoms with Crippen molar-refractivity contribution >= 4 is 89.0 Å². The number of aryl methyl sites for hydroxylation is 1. The van der Waals surface area contributed by atoms with Crippen LogP contribution < -0.4 is 10.4 Å². The van der Waals surface area contributed by atoms with Crippen molar-refractivity contribution < 1.29 is 9.76 Å². The van der Waals surface area contributed by atoms with E-state index in [4.69, 9.17) is 4.65 Å². The number of anilines is 3. The first-order valence-corrected chi connectivity index (χ1v) is 16.1. The van der Waals surface area contributed by atoms with Gasteiger partial charge in [-0.1, -0.05) is 79.4 Å². The Labute approximate surface area is 262 Å². The van der Waals surface area contributed by atoms with Crippen molar-refractivity contribution in [1.29, 1.82) is 0 Å². The van der Waals surface area contributed by atoms with E-state index in [1.807, 2.05) is 54.7 Å². The van der Waals surface area contributed by atoms with Gasteiger partial charge in [0.25, 0.3) is 0 Å². The van der Waals surface area contributed by atoms with Gasteiger partial charge in [-0.25, -0.2) is 0 Å². The van der Waals surface area contributed by atoms with E-state index >= 15 is 0 Å². The molecule has 2 aromatic heterocycles. The second kappa shape index (κ2) is 11.4. The zero-order valence-corrected chi connectivity index (χ0v) is 26.9. The summed E-state index contributed by atoms with van der Waals surface area (Å²) in [5.41, 5.74) is 3.48. The molecule has 0 spiro atoms. The summed E-state index contributed by atoms with van der Waals surface area (Å²) in [5, 5.41) is 14.5. The van der Waals surface area contributed by atoms with Crippen molar-refractivity contribution in [3.8, 4) is 0 Å². The van der Waals surface area contributed by atoms with Gasteiger partial charge in [-0.2, -0.15) is 0 Å². The molecule has 0 aliphatic carbocycles. The van der Waals surface area contributed by atoms with Gasteiger partial charge in [0.2, 0.25) is 0 Å². The third kappa shape index (κ3) is 5.34. The van der Waals surface area contributed by atoms with Gasteiger partial charge in [-0.15, -0.1) is 22.7 Å². The molecule has 0 atom stereocenters. The molecule has 0 aliphatic rings. The fourth-order valence-electron chi connectivity index (χ4n) is 5.27. The number of rotatable bonds is 9. The van der Waals surface area contributed by atoms with E-state index in [1.165, 1.54) is 40.7 Å². The van der Waals surface area contributed by atoms with Crippen LogP contribution in [0.5, 0.6) is 0 Å². The highest BCUT2D eigenvalue weighted by molar-refractivity contribution is 7.26. The molecule has 4 aromatic carbocycles. The van der Waals surface area contributed by atoms with E-state index in [9.17, 15) is 5.11 Å². The standard InChI is InChI=1S/C37H35BNO2S2/c1-7-8-15-25-24(2)42-33-23-14-20-30(34(25)33)39(29-19-11-10-18-28(29)38-41-37(5,6)36(3,4)40)31-21-13-17-27-26-16-9-12-22-32(26)43-35(27)31/h7-23,40H,1H2,2-6H3/b15-8-. The lowest BCUT2D eigenvalue weighted by Gasteiger charge is -2.38. The van der Waals surface area contributed by atoms with Crippen molar-refractivity contribution in [3.63, 3.8) is 0 Å². The van der Waals surface area contributed by atoms with Crippen molar-refractivity contribution in [2.24, 2.45) is 0 Å². The summed E-state index contributed by atoms with van der Waals surface area (Å²) >= 11 is 3.63. The minimum absolute atomic E-state index is 0.802. The molecule has 1 N–H and O–H groups in total. The van der Waals surface area contributed by atoms with Crippen LogP contribution >= 0.6 is 22.7 Å². The molecular formula is C37H35BNO2S2. The average Bonchev–Trinajstić information content (AvgIpc) is 3.52. The molecule has 43 heavy (non-hydrogen) atoms. The van der Waals surface area contributed by atoms with Crippen LogP contribution in [0, 0.1) is 6.92 Å². The second-order valence-corrected chi connectivity index (χ2v) is 14.1. The molecule has 1 radical (unpaired) electrons. The SMILES string of the molecule is C=C/C=C\c1c(C)sc2cccc(N(c3ccccc3[B]OC(C)(C)C(C)(C)O)c3cccc4c3sc3ccccc34)c12. The van der Waals surface area contributed by atoms with Crippen molar-refractivity contribution in [3.05, 3.63) is 114 Å². The van der Waals surface area contributed by atoms with Crippen LogP contribution in [0.25, 0.3) is 36.3 Å². The van der Waals surface area contributed by atoms with Crippen LogP contribution in [-0.4, -0.2) is 23.8 Å². The number of aliphatic hydroxyl groups is 1. The van der Waals surface area contributed by atoms with E-state index in [2.05, 4.69) is 103 Å². The molecule has 215 valence electrons. The van der Waals surface area contributed by atoms with Crippen LogP contribution in [0.15, 0.2) is 104 Å². The van der Waals surface area contributed by atoms with Crippen LogP contribution in [-0.2, 0) is 4.65 Å². The number of hydrogen-bond donors (Lipinski definition) is 1. The topological polar surface area (TPSA) is 32.7 Å². The maximum atomic E-state index is 10.8. The summed E-state index contributed by atoms with van der Waals surface area (Å²) in [6.07, 6.45) is 6.00. The van der Waals surface area contributed by atoms with E-state index in [0.29, 0.717) is 0 Å². The number of benzene rings is 4. The number of thiophene rings is 2. The van der Waals surface area contributed by atoms with Gasteiger partial charge in [0, 0.05) is 36.1 Å². The van der Waals surface area contributed by atoms with E-state index in [1.54, 1.807) is 21.3 Å². The lowest BCUT2D eigenvalue weighted by molar-refractivity contribution is -0.0893. The summed E-state index contributed by atoms with van der Waals surface area (Å²) in [6.45, 7) is 13.5. The Morgan fingerprint density at radius 3 is 2.23 bits per heavy atom. The molecule has 0 aliphatic heterocycles. The quantitative estimate of drug-likeness (QED) is 0.132. The fraction of sp³-hybridized carbons (Fsp3) is 0.189. The third-order valence-corrected chi connectivity index (χ3v) is 10.6. The first-order chi connectivity index (χ1) is 20.6. The van der Waals surface area contributed by atoms with Gasteiger partial charge in [-0.3, -0.25) is 0 Å². The van der Waals surface area contributed by atoms with Crippen molar-refractivity contribution in [2.45, 2.75) is 45.8 Å². The molecule has 0 unspecified atom stereocenters. The van der Waals surface area contributed by atoms with E-state index < -0.39 is 11.2 Å². The Morgan fingerprint density at radius 1 is 0.791 bits per heavy atom. The highest BCUT2D eigenvalue weighted by atomic mass is 32.1. The first kappa shape index (κ1) is 29.4. The smallest absolute Gasteiger partial charge is 0.333 e. The Hall–Kier alpha value is -3.68. The zero-order valence-electron chi connectivity index (χ0n) is 25.2. The lowest BCUT2D eigenvalue weighted by Crippen LogP contribution is -2.49. The predicted molar refractivity (Wildman–Crippen MR) is 190 cm³/mol. The van der Waals surface area contributed by atoms with Gasteiger partial charge in [0.15, 0.2) is 0 Å². The molecule has 6 aromatic rings. The van der Waals surface area contributed by atoms with Crippen LogP contribution in [0.1, 0.15) is 38.1 Å². The summed E-state index contributed by atoms with van der Waals surface area (Å²) < 4.78 is 10.0. The number of nitrogens with zero attached hydrogens (tertiary/aromatic N) is 1. The summed E-state index contributed by atoms with van der Waals surface area (Å²) in [7, 11) is 1.79. The van der Waals surface area contributed by atoms with Crippen LogP contribution in [0.4, 0.5) is 17.1 Å². The molecule has 2 heterocycles. The molecule has 6 rings (SSSR count). The molecule has 0 saturated heterocycles. The summed E-state index contributed by atoms with van der Waals surface area (Å²) in [4.78, 5) is 3.64. The maximum Gasteiger partial charge on any atom is 0.333 e. The number of fused-ring (bicyclic) bond motifs is 4. The van der Waals surface area contributed by atoms with Gasteiger partial charge < -0.3 is 14.7 Å². The van der Waals surface area contributed by atoms with Crippen molar-refractivity contribution in [1.82, 2.24) is 0 Å². The molecule has 0 amide bonds. The highest BCUT2D eigenvalue weighted by Crippen LogP contribution is 2.48. The Kier molecular flexibility index (Phi) is 7.82. The van der Waals surface area contributed by atoms with Gasteiger partial charge >= 0.3 is 7.48 Å². The van der Waals surface area contributed by atoms with Crippen LogP contribution in [0.3, 0.4) is 0 Å². The number of para-hydroxylation sites is 1. The maximum absolute atomic E-state index is 10.8. The van der Waals surface area contributed by atoms with Crippen LogP contribution in [0.2, 0.25) is 0 Å².